The van der Waals surface area contributed by atoms with E-state index in [1.807, 2.05) is 6.92 Å². The van der Waals surface area contributed by atoms with E-state index in [2.05, 4.69) is 52.8 Å². The van der Waals surface area contributed by atoms with Crippen LogP contribution in [0.1, 0.15) is 86.5 Å². The first-order valence-electron chi connectivity index (χ1n) is 9.69. The van der Waals surface area contributed by atoms with E-state index in [0.717, 1.165) is 50.5 Å². The molecule has 25 heavy (non-hydrogen) atoms. The van der Waals surface area contributed by atoms with Gasteiger partial charge in [0.05, 0.1) is 6.61 Å². The molecule has 0 aromatic heterocycles. The Labute approximate surface area is 155 Å². The third-order valence-electron chi connectivity index (χ3n) is 4.14. The van der Waals surface area contributed by atoms with Gasteiger partial charge in [0.1, 0.15) is 0 Å². The molecule has 0 saturated carbocycles. The Bertz CT molecular complexity index is 500. The van der Waals surface area contributed by atoms with E-state index >= 15 is 0 Å². The zero-order valence-corrected chi connectivity index (χ0v) is 17.3. The molecule has 0 aliphatic rings. The van der Waals surface area contributed by atoms with Crippen LogP contribution in [0.25, 0.3) is 0 Å². The van der Waals surface area contributed by atoms with Crippen molar-refractivity contribution >= 4 is 5.97 Å². The van der Waals surface area contributed by atoms with Crippen molar-refractivity contribution in [1.29, 1.82) is 0 Å². The molecule has 0 atom stereocenters. The number of hydrogen-bond acceptors (Lipinski definition) is 2. The molecule has 0 bridgehead atoms. The van der Waals surface area contributed by atoms with Gasteiger partial charge < -0.3 is 4.74 Å². The van der Waals surface area contributed by atoms with Crippen LogP contribution >= 0.6 is 0 Å². The van der Waals surface area contributed by atoms with Crippen LogP contribution in [0.15, 0.2) is 46.6 Å². The Morgan fingerprint density at radius 3 is 1.80 bits per heavy atom. The maximum Gasteiger partial charge on any atom is 0.330 e. The molecule has 0 aliphatic heterocycles. The summed E-state index contributed by atoms with van der Waals surface area (Å²) in [6.07, 6.45) is 16.0. The lowest BCUT2D eigenvalue weighted by molar-refractivity contribution is -0.137. The lowest BCUT2D eigenvalue weighted by Gasteiger charge is -2.04. The summed E-state index contributed by atoms with van der Waals surface area (Å²) in [7, 11) is 0. The predicted octanol–water partition coefficient (Wildman–Crippen LogP) is 7.09. The summed E-state index contributed by atoms with van der Waals surface area (Å²) < 4.78 is 4.98. The Hall–Kier alpha value is -1.57. The molecule has 0 amide bonds. The first-order chi connectivity index (χ1) is 11.9. The van der Waals surface area contributed by atoms with E-state index in [1.54, 1.807) is 6.08 Å². The summed E-state index contributed by atoms with van der Waals surface area (Å²) in [5.74, 6) is -0.214. The summed E-state index contributed by atoms with van der Waals surface area (Å²) in [6.45, 7) is 13.1. The van der Waals surface area contributed by atoms with E-state index in [4.69, 9.17) is 4.74 Å². The third-order valence-corrected chi connectivity index (χ3v) is 4.14. The van der Waals surface area contributed by atoms with Gasteiger partial charge in [-0.25, -0.2) is 4.79 Å². The van der Waals surface area contributed by atoms with Gasteiger partial charge in [-0.05, 0) is 79.6 Å². The van der Waals surface area contributed by atoms with Gasteiger partial charge in [0.25, 0.3) is 0 Å². The summed E-state index contributed by atoms with van der Waals surface area (Å²) in [5.41, 5.74) is 5.48. The van der Waals surface area contributed by atoms with Crippen molar-refractivity contribution in [3.05, 3.63) is 46.6 Å². The lowest BCUT2D eigenvalue weighted by atomic mass is 10.0. The lowest BCUT2D eigenvalue weighted by Crippen LogP contribution is -2.01. The summed E-state index contributed by atoms with van der Waals surface area (Å²) in [6, 6.07) is 0. The topological polar surface area (TPSA) is 26.3 Å². The summed E-state index contributed by atoms with van der Waals surface area (Å²) in [4.78, 5) is 11.5. The van der Waals surface area contributed by atoms with Gasteiger partial charge in [-0.1, -0.05) is 47.4 Å². The van der Waals surface area contributed by atoms with Gasteiger partial charge in [-0.15, -0.1) is 0 Å². The average Bonchev–Trinajstić information content (AvgIpc) is 2.53. The largest absolute Gasteiger partial charge is 0.463 e. The average molecular weight is 347 g/mol. The molecule has 2 nitrogen and oxygen atoms in total. The van der Waals surface area contributed by atoms with Crippen LogP contribution < -0.4 is 0 Å². The molecule has 0 spiro atoms. The fourth-order valence-corrected chi connectivity index (χ4v) is 2.54. The number of carbonyl (C=O) groups is 1. The molecule has 0 unspecified atom stereocenters. The molecule has 0 aromatic carbocycles. The zero-order chi connectivity index (χ0) is 19.1. The number of esters is 1. The molecule has 2 heteroatoms. The van der Waals surface area contributed by atoms with Gasteiger partial charge >= 0.3 is 5.97 Å². The molecule has 142 valence electrons. The highest BCUT2D eigenvalue weighted by Gasteiger charge is 2.00. The monoisotopic (exact) mass is 346 g/mol. The van der Waals surface area contributed by atoms with Crippen molar-refractivity contribution in [2.75, 3.05) is 6.61 Å². The van der Waals surface area contributed by atoms with Crippen LogP contribution in [0.5, 0.6) is 0 Å². The van der Waals surface area contributed by atoms with Crippen molar-refractivity contribution in [3.63, 3.8) is 0 Å². The zero-order valence-electron chi connectivity index (χ0n) is 17.3. The first-order valence-corrected chi connectivity index (χ1v) is 9.69. The Morgan fingerprint density at radius 2 is 1.32 bits per heavy atom. The number of carbonyl (C=O) groups excluding carboxylic acids is 1. The van der Waals surface area contributed by atoms with Gasteiger partial charge in [0.15, 0.2) is 0 Å². The van der Waals surface area contributed by atoms with Gasteiger partial charge in [0, 0.05) is 6.08 Å². The van der Waals surface area contributed by atoms with Crippen molar-refractivity contribution in [1.82, 2.24) is 0 Å². The van der Waals surface area contributed by atoms with Gasteiger partial charge in [-0.2, -0.15) is 0 Å². The predicted molar refractivity (Wildman–Crippen MR) is 110 cm³/mol. The van der Waals surface area contributed by atoms with E-state index in [-0.39, 0.29) is 5.97 Å². The van der Waals surface area contributed by atoms with Crippen molar-refractivity contribution < 1.29 is 9.53 Å². The van der Waals surface area contributed by atoms with Gasteiger partial charge in [-0.3, -0.25) is 0 Å². The fourth-order valence-electron chi connectivity index (χ4n) is 2.54. The minimum atomic E-state index is -0.214. The fraction of sp³-hybridized carbons (Fsp3) is 0.609. The van der Waals surface area contributed by atoms with E-state index in [1.165, 1.54) is 16.7 Å². The Morgan fingerprint density at radius 1 is 0.800 bits per heavy atom. The van der Waals surface area contributed by atoms with Crippen molar-refractivity contribution in [2.24, 2.45) is 0 Å². The molecular weight excluding hydrogens is 308 g/mol. The standard InChI is InChI=1S/C23H38O2/c1-7-22(18-23(24)25-8-2)17-11-16-21(6)15-10-14-20(5)13-9-12-19(3)4/h12,14,16,18H,7-11,13,15,17H2,1-6H3. The van der Waals surface area contributed by atoms with E-state index in [0.29, 0.717) is 6.61 Å². The quantitative estimate of drug-likeness (QED) is 0.214. The molecular formula is C23H38O2. The van der Waals surface area contributed by atoms with E-state index in [9.17, 15) is 4.79 Å². The Balaban J connectivity index is 4.19. The second kappa shape index (κ2) is 14.7. The number of hydrogen-bond donors (Lipinski definition) is 0. The molecule has 0 aromatic rings. The SMILES string of the molecule is CCOC(=O)C=C(CC)CCC=C(C)CCC=C(C)CCC=C(C)C. The number of rotatable bonds is 12. The minimum absolute atomic E-state index is 0.214. The highest BCUT2D eigenvalue weighted by Crippen LogP contribution is 2.15. The highest BCUT2D eigenvalue weighted by molar-refractivity contribution is 5.82. The first kappa shape index (κ1) is 23.4. The van der Waals surface area contributed by atoms with Crippen LogP contribution in [-0.4, -0.2) is 12.6 Å². The second-order valence-electron chi connectivity index (χ2n) is 6.91. The van der Waals surface area contributed by atoms with Crippen LogP contribution in [0, 0.1) is 0 Å². The number of allylic oxidation sites excluding steroid dienone is 7. The Kier molecular flexibility index (Phi) is 13.8. The summed E-state index contributed by atoms with van der Waals surface area (Å²) in [5, 5.41) is 0. The maximum atomic E-state index is 11.5. The third kappa shape index (κ3) is 14.5. The van der Waals surface area contributed by atoms with E-state index < -0.39 is 0 Å². The molecule has 0 saturated heterocycles. The molecule has 0 heterocycles. The van der Waals surface area contributed by atoms with Crippen molar-refractivity contribution in [2.45, 2.75) is 86.5 Å². The van der Waals surface area contributed by atoms with Crippen LogP contribution in [0.2, 0.25) is 0 Å². The molecule has 0 N–H and O–H groups in total. The van der Waals surface area contributed by atoms with Crippen LogP contribution in [0.3, 0.4) is 0 Å². The molecule has 0 rings (SSSR count). The molecule has 0 fully saturated rings. The molecule has 0 radical (unpaired) electrons. The smallest absolute Gasteiger partial charge is 0.330 e. The van der Waals surface area contributed by atoms with Crippen molar-refractivity contribution in [3.8, 4) is 0 Å². The molecule has 0 aliphatic carbocycles. The highest BCUT2D eigenvalue weighted by atomic mass is 16.5. The number of ether oxygens (including phenoxy) is 1. The second-order valence-corrected chi connectivity index (χ2v) is 6.91. The normalized spacial score (nSPS) is 13.0. The maximum absolute atomic E-state index is 11.5. The van der Waals surface area contributed by atoms with Crippen LogP contribution in [-0.2, 0) is 9.53 Å². The van der Waals surface area contributed by atoms with Crippen LogP contribution in [0.4, 0.5) is 0 Å². The minimum Gasteiger partial charge on any atom is -0.463 e. The van der Waals surface area contributed by atoms with Gasteiger partial charge in [0.2, 0.25) is 0 Å². The summed E-state index contributed by atoms with van der Waals surface area (Å²) >= 11 is 0.